The molecule has 0 atom stereocenters. The van der Waals surface area contributed by atoms with Crippen molar-refractivity contribution in [1.29, 1.82) is 0 Å². The smallest absolute Gasteiger partial charge is 0.274 e. The maximum absolute atomic E-state index is 13.3. The van der Waals surface area contributed by atoms with Crippen LogP contribution in [-0.2, 0) is 0 Å². The van der Waals surface area contributed by atoms with E-state index < -0.39 is 17.5 Å². The van der Waals surface area contributed by atoms with Gasteiger partial charge in [0.25, 0.3) is 5.91 Å². The maximum atomic E-state index is 13.3. The predicted molar refractivity (Wildman–Crippen MR) is 63.6 cm³/mol. The van der Waals surface area contributed by atoms with E-state index in [0.29, 0.717) is 11.1 Å². The number of hydrogen-bond acceptors (Lipinski definition) is 2. The average molecular weight is 269 g/mol. The highest BCUT2D eigenvalue weighted by atomic mass is 35.5. The van der Waals surface area contributed by atoms with Gasteiger partial charge in [0.05, 0.1) is 5.69 Å². The molecule has 2 rings (SSSR count). The fraction of sp³-hybridized carbons (Fsp3) is 0. The summed E-state index contributed by atoms with van der Waals surface area (Å²) in [5.41, 5.74) is -0.0746. The number of benzene rings is 1. The van der Waals surface area contributed by atoms with Crippen LogP contribution in [0.2, 0.25) is 5.02 Å². The molecule has 2 aromatic rings. The number of nitrogens with zero attached hydrogens (tertiary/aromatic N) is 1. The first-order chi connectivity index (χ1) is 8.56. The van der Waals surface area contributed by atoms with E-state index in [-0.39, 0.29) is 11.4 Å². The minimum Gasteiger partial charge on any atom is -0.318 e. The molecule has 6 heteroatoms. The van der Waals surface area contributed by atoms with Crippen molar-refractivity contribution in [3.8, 4) is 0 Å². The number of aromatic nitrogens is 1. The molecule has 0 unspecified atom stereocenters. The number of rotatable bonds is 2. The maximum Gasteiger partial charge on any atom is 0.274 e. The number of pyridine rings is 1. The third kappa shape index (κ3) is 2.81. The summed E-state index contributed by atoms with van der Waals surface area (Å²) in [5, 5.41) is 2.62. The second-order valence-corrected chi connectivity index (χ2v) is 3.87. The van der Waals surface area contributed by atoms with Gasteiger partial charge in [0.1, 0.15) is 17.3 Å². The molecule has 0 bridgehead atoms. The number of carbonyl (C=O) groups excluding carboxylic acids is 1. The van der Waals surface area contributed by atoms with E-state index in [1.54, 1.807) is 0 Å². The van der Waals surface area contributed by atoms with Crippen LogP contribution in [0.25, 0.3) is 0 Å². The van der Waals surface area contributed by atoms with E-state index in [2.05, 4.69) is 10.3 Å². The largest absolute Gasteiger partial charge is 0.318 e. The van der Waals surface area contributed by atoms with E-state index in [1.807, 2.05) is 0 Å². The minimum absolute atomic E-state index is 0.0474. The number of amides is 1. The van der Waals surface area contributed by atoms with Crippen LogP contribution in [0.15, 0.2) is 36.5 Å². The van der Waals surface area contributed by atoms with Crippen molar-refractivity contribution in [2.45, 2.75) is 0 Å². The van der Waals surface area contributed by atoms with E-state index in [4.69, 9.17) is 11.6 Å². The van der Waals surface area contributed by atoms with Crippen molar-refractivity contribution >= 4 is 23.2 Å². The number of carbonyl (C=O) groups is 1. The van der Waals surface area contributed by atoms with Gasteiger partial charge >= 0.3 is 0 Å². The normalized spacial score (nSPS) is 10.2. The molecule has 3 nitrogen and oxygen atoms in total. The van der Waals surface area contributed by atoms with Crippen molar-refractivity contribution in [2.75, 3.05) is 5.32 Å². The van der Waals surface area contributed by atoms with Gasteiger partial charge < -0.3 is 5.32 Å². The summed E-state index contributed by atoms with van der Waals surface area (Å²) in [6.07, 6.45) is 1.36. The SMILES string of the molecule is O=C(Nc1ccc(F)cc1F)c1cc(Cl)ccn1. The minimum atomic E-state index is -0.856. The van der Waals surface area contributed by atoms with Crippen molar-refractivity contribution in [3.63, 3.8) is 0 Å². The van der Waals surface area contributed by atoms with Gasteiger partial charge in [-0.2, -0.15) is 0 Å². The van der Waals surface area contributed by atoms with Crippen molar-refractivity contribution in [1.82, 2.24) is 4.98 Å². The molecule has 0 radical (unpaired) electrons. The lowest BCUT2D eigenvalue weighted by Crippen LogP contribution is -2.14. The Hall–Kier alpha value is -2.01. The Bertz CT molecular complexity index is 604. The predicted octanol–water partition coefficient (Wildman–Crippen LogP) is 3.27. The van der Waals surface area contributed by atoms with E-state index in [0.717, 1.165) is 12.1 Å². The molecule has 0 fully saturated rings. The number of anilines is 1. The zero-order valence-corrected chi connectivity index (χ0v) is 9.71. The van der Waals surface area contributed by atoms with Crippen LogP contribution in [-0.4, -0.2) is 10.9 Å². The second kappa shape index (κ2) is 5.10. The molecule has 1 aromatic carbocycles. The molecule has 1 heterocycles. The van der Waals surface area contributed by atoms with Crippen molar-refractivity contribution < 1.29 is 13.6 Å². The van der Waals surface area contributed by atoms with E-state index in [1.165, 1.54) is 18.3 Å². The highest BCUT2D eigenvalue weighted by molar-refractivity contribution is 6.30. The lowest BCUT2D eigenvalue weighted by molar-refractivity contribution is 0.102. The Morgan fingerprint density at radius 2 is 2.00 bits per heavy atom. The Morgan fingerprint density at radius 1 is 1.22 bits per heavy atom. The lowest BCUT2D eigenvalue weighted by Gasteiger charge is -2.05. The van der Waals surface area contributed by atoms with Crippen LogP contribution in [0, 0.1) is 11.6 Å². The molecule has 0 saturated carbocycles. The summed E-state index contributed by atoms with van der Waals surface area (Å²) in [5.74, 6) is -2.19. The zero-order chi connectivity index (χ0) is 13.1. The summed E-state index contributed by atoms with van der Waals surface area (Å²) in [6.45, 7) is 0. The van der Waals surface area contributed by atoms with Gasteiger partial charge in [0.15, 0.2) is 0 Å². The summed E-state index contributed by atoms with van der Waals surface area (Å²) in [6, 6.07) is 5.72. The van der Waals surface area contributed by atoms with Crippen LogP contribution < -0.4 is 5.32 Å². The van der Waals surface area contributed by atoms with E-state index >= 15 is 0 Å². The molecule has 92 valence electrons. The highest BCUT2D eigenvalue weighted by Gasteiger charge is 2.11. The summed E-state index contributed by atoms with van der Waals surface area (Å²) in [7, 11) is 0. The molecule has 1 aromatic heterocycles. The van der Waals surface area contributed by atoms with Crippen molar-refractivity contribution in [2.24, 2.45) is 0 Å². The monoisotopic (exact) mass is 268 g/mol. The Morgan fingerprint density at radius 3 is 2.67 bits per heavy atom. The molecule has 1 amide bonds. The molecule has 18 heavy (non-hydrogen) atoms. The second-order valence-electron chi connectivity index (χ2n) is 3.44. The summed E-state index contributed by atoms with van der Waals surface area (Å²) >= 11 is 5.70. The van der Waals surface area contributed by atoms with Crippen LogP contribution in [0.4, 0.5) is 14.5 Å². The molecule has 0 saturated heterocycles. The van der Waals surface area contributed by atoms with Crippen LogP contribution in [0.5, 0.6) is 0 Å². The first kappa shape index (κ1) is 12.4. The quantitative estimate of drug-likeness (QED) is 0.908. The Kier molecular flexibility index (Phi) is 3.53. The molecular weight excluding hydrogens is 262 g/mol. The summed E-state index contributed by atoms with van der Waals surface area (Å²) < 4.78 is 26.0. The van der Waals surface area contributed by atoms with Crippen LogP contribution in [0.3, 0.4) is 0 Å². The molecule has 0 aliphatic heterocycles. The zero-order valence-electron chi connectivity index (χ0n) is 8.95. The van der Waals surface area contributed by atoms with Crippen molar-refractivity contribution in [3.05, 3.63) is 58.9 Å². The number of hydrogen-bond donors (Lipinski definition) is 1. The Balaban J connectivity index is 2.21. The van der Waals surface area contributed by atoms with Gasteiger partial charge in [-0.3, -0.25) is 9.78 Å². The lowest BCUT2D eigenvalue weighted by atomic mass is 10.2. The summed E-state index contributed by atoms with van der Waals surface area (Å²) in [4.78, 5) is 15.5. The first-order valence-electron chi connectivity index (χ1n) is 4.94. The molecule has 0 aliphatic rings. The third-order valence-corrected chi connectivity index (χ3v) is 2.37. The first-order valence-corrected chi connectivity index (χ1v) is 5.32. The number of halogens is 3. The van der Waals surface area contributed by atoms with Gasteiger partial charge in [0, 0.05) is 17.3 Å². The number of nitrogens with one attached hydrogen (secondary N) is 1. The average Bonchev–Trinajstić information content (AvgIpc) is 2.32. The fourth-order valence-electron chi connectivity index (χ4n) is 1.31. The van der Waals surface area contributed by atoms with Crippen LogP contribution in [0.1, 0.15) is 10.5 Å². The van der Waals surface area contributed by atoms with Gasteiger partial charge in [-0.15, -0.1) is 0 Å². The van der Waals surface area contributed by atoms with Crippen LogP contribution >= 0.6 is 11.6 Å². The Labute approximate surface area is 106 Å². The molecule has 0 aliphatic carbocycles. The van der Waals surface area contributed by atoms with Gasteiger partial charge in [0.2, 0.25) is 0 Å². The third-order valence-electron chi connectivity index (χ3n) is 2.13. The highest BCUT2D eigenvalue weighted by Crippen LogP contribution is 2.16. The van der Waals surface area contributed by atoms with Gasteiger partial charge in [-0.25, -0.2) is 8.78 Å². The molecule has 1 N–H and O–H groups in total. The van der Waals surface area contributed by atoms with Gasteiger partial charge in [-0.05, 0) is 24.3 Å². The fourth-order valence-corrected chi connectivity index (χ4v) is 1.47. The topological polar surface area (TPSA) is 42.0 Å². The molecule has 0 spiro atoms. The molecular formula is C12H7ClF2N2O. The van der Waals surface area contributed by atoms with Gasteiger partial charge in [-0.1, -0.05) is 11.6 Å². The van der Waals surface area contributed by atoms with E-state index in [9.17, 15) is 13.6 Å². The standard InChI is InChI=1S/C12H7ClF2N2O/c13-7-3-4-16-11(5-7)12(18)17-10-2-1-8(14)6-9(10)15/h1-6H,(H,17,18).